The number of nitriles is 1. The van der Waals surface area contributed by atoms with Crippen molar-refractivity contribution < 1.29 is 9.53 Å². The maximum Gasteiger partial charge on any atom is 0.270 e. The lowest BCUT2D eigenvalue weighted by Gasteiger charge is -2.31. The van der Waals surface area contributed by atoms with Crippen molar-refractivity contribution in [1.82, 2.24) is 30.1 Å². The van der Waals surface area contributed by atoms with Crippen molar-refractivity contribution >= 4 is 28.7 Å². The van der Waals surface area contributed by atoms with Crippen LogP contribution in [0, 0.1) is 17.2 Å². The highest BCUT2D eigenvalue weighted by Crippen LogP contribution is 2.26. The second-order valence-corrected chi connectivity index (χ2v) is 11.2. The predicted octanol–water partition coefficient (Wildman–Crippen LogP) is 2.44. The molecular weight excluding hydrogens is 526 g/mol. The predicted molar refractivity (Wildman–Crippen MR) is 155 cm³/mol. The SMILES string of the molecule is N#Cc1c(N)cc(C(=O)NCC2CCN(Cc3cnc(-c4ccccn4)s3)CC2)nc1NCCN1CCOCC1. The normalized spacial score (nSPS) is 16.9. The van der Waals surface area contributed by atoms with Crippen molar-refractivity contribution in [2.45, 2.75) is 19.4 Å². The third kappa shape index (κ3) is 7.31. The molecule has 1 amide bonds. The Morgan fingerprint density at radius 3 is 2.75 bits per heavy atom. The van der Waals surface area contributed by atoms with Gasteiger partial charge in [0.25, 0.3) is 5.91 Å². The van der Waals surface area contributed by atoms with E-state index in [0.29, 0.717) is 24.8 Å². The molecule has 0 atom stereocenters. The first kappa shape index (κ1) is 27.9. The van der Waals surface area contributed by atoms with Crippen LogP contribution in [0.2, 0.25) is 0 Å². The van der Waals surface area contributed by atoms with Crippen LogP contribution in [0.5, 0.6) is 0 Å². The summed E-state index contributed by atoms with van der Waals surface area (Å²) >= 11 is 1.69. The summed E-state index contributed by atoms with van der Waals surface area (Å²) in [5.41, 5.74) is 7.75. The molecule has 210 valence electrons. The highest BCUT2D eigenvalue weighted by molar-refractivity contribution is 7.14. The maximum atomic E-state index is 13.0. The third-order valence-electron chi connectivity index (χ3n) is 7.29. The number of amides is 1. The van der Waals surface area contributed by atoms with Gasteiger partial charge in [-0.1, -0.05) is 6.07 Å². The molecule has 5 heterocycles. The van der Waals surface area contributed by atoms with E-state index in [1.165, 1.54) is 10.9 Å². The second-order valence-electron chi connectivity index (χ2n) is 10.1. The summed E-state index contributed by atoms with van der Waals surface area (Å²) in [6.45, 7) is 7.98. The maximum absolute atomic E-state index is 13.0. The van der Waals surface area contributed by atoms with Crippen LogP contribution < -0.4 is 16.4 Å². The molecule has 12 heteroatoms. The highest BCUT2D eigenvalue weighted by Gasteiger charge is 2.22. The summed E-state index contributed by atoms with van der Waals surface area (Å²) in [5, 5.41) is 16.7. The van der Waals surface area contributed by atoms with Gasteiger partial charge in [-0.15, -0.1) is 11.3 Å². The van der Waals surface area contributed by atoms with Gasteiger partial charge < -0.3 is 21.1 Å². The minimum Gasteiger partial charge on any atom is -0.397 e. The van der Waals surface area contributed by atoms with Gasteiger partial charge in [-0.3, -0.25) is 19.6 Å². The lowest BCUT2D eigenvalue weighted by molar-refractivity contribution is 0.0398. The number of likely N-dealkylation sites (tertiary alicyclic amines) is 1. The average Bonchev–Trinajstić information content (AvgIpc) is 3.46. The van der Waals surface area contributed by atoms with Gasteiger partial charge in [-0.25, -0.2) is 9.97 Å². The zero-order valence-corrected chi connectivity index (χ0v) is 23.3. The molecule has 0 unspecified atom stereocenters. The molecule has 3 aromatic heterocycles. The number of aromatic nitrogens is 3. The lowest BCUT2D eigenvalue weighted by atomic mass is 9.96. The highest BCUT2D eigenvalue weighted by atomic mass is 32.1. The number of anilines is 2. The topological polar surface area (TPSA) is 145 Å². The van der Waals surface area contributed by atoms with Gasteiger partial charge in [0.15, 0.2) is 0 Å². The van der Waals surface area contributed by atoms with Crippen LogP contribution in [0.15, 0.2) is 36.7 Å². The van der Waals surface area contributed by atoms with E-state index in [1.54, 1.807) is 17.5 Å². The van der Waals surface area contributed by atoms with Crippen LogP contribution in [0.1, 0.15) is 33.8 Å². The molecule has 2 aliphatic rings. The van der Waals surface area contributed by atoms with Gasteiger partial charge in [0.05, 0.1) is 24.6 Å². The standard InChI is InChI=1S/C28H35N9O2S/c29-16-22-23(30)15-25(35-26(22)32-7-10-36-11-13-39-14-12-36)27(38)33-17-20-4-8-37(9-5-20)19-21-18-34-28(40-21)24-3-1-2-6-31-24/h1-3,6,15,18,20H,4-5,7-14,17,19H2,(H,33,38)(H3,30,32,35). The number of ether oxygens (including phenoxy) is 1. The number of carbonyl (C=O) groups excluding carboxylic acids is 1. The summed E-state index contributed by atoms with van der Waals surface area (Å²) in [6.07, 6.45) is 5.74. The van der Waals surface area contributed by atoms with Crippen LogP contribution >= 0.6 is 11.3 Å². The molecule has 0 aromatic carbocycles. The zero-order valence-electron chi connectivity index (χ0n) is 22.5. The van der Waals surface area contributed by atoms with Gasteiger partial charge >= 0.3 is 0 Å². The summed E-state index contributed by atoms with van der Waals surface area (Å²) in [4.78, 5) is 32.3. The Morgan fingerprint density at radius 1 is 1.18 bits per heavy atom. The van der Waals surface area contributed by atoms with Crippen LogP contribution in [-0.4, -0.2) is 89.7 Å². The minimum atomic E-state index is -0.276. The Bertz CT molecular complexity index is 1310. The van der Waals surface area contributed by atoms with Crippen molar-refractivity contribution in [3.63, 3.8) is 0 Å². The molecule has 0 radical (unpaired) electrons. The molecule has 2 saturated heterocycles. The zero-order chi connectivity index (χ0) is 27.7. The number of hydrogen-bond acceptors (Lipinski definition) is 11. The fourth-order valence-corrected chi connectivity index (χ4v) is 5.90. The Balaban J connectivity index is 1.08. The van der Waals surface area contributed by atoms with E-state index >= 15 is 0 Å². The number of pyridine rings is 2. The van der Waals surface area contributed by atoms with Crippen LogP contribution in [0.3, 0.4) is 0 Å². The quantitative estimate of drug-likeness (QED) is 0.337. The lowest BCUT2D eigenvalue weighted by Crippen LogP contribution is -2.39. The first-order valence-corrected chi connectivity index (χ1v) is 14.5. The Morgan fingerprint density at radius 2 is 2.00 bits per heavy atom. The van der Waals surface area contributed by atoms with Gasteiger partial charge in [0, 0.05) is 56.5 Å². The fourth-order valence-electron chi connectivity index (χ4n) is 4.97. The average molecular weight is 562 g/mol. The molecule has 40 heavy (non-hydrogen) atoms. The number of rotatable bonds is 10. The third-order valence-corrected chi connectivity index (χ3v) is 8.30. The molecule has 2 fully saturated rings. The van der Waals surface area contributed by atoms with E-state index < -0.39 is 0 Å². The molecule has 11 nitrogen and oxygen atoms in total. The summed E-state index contributed by atoms with van der Waals surface area (Å²) in [7, 11) is 0. The van der Waals surface area contributed by atoms with Crippen molar-refractivity contribution in [3.05, 3.63) is 52.8 Å². The van der Waals surface area contributed by atoms with Gasteiger partial charge in [0.2, 0.25) is 0 Å². The van der Waals surface area contributed by atoms with Gasteiger partial charge in [-0.2, -0.15) is 5.26 Å². The monoisotopic (exact) mass is 561 g/mol. The van der Waals surface area contributed by atoms with E-state index in [9.17, 15) is 10.1 Å². The number of thiazole rings is 1. The first-order valence-electron chi connectivity index (χ1n) is 13.7. The van der Waals surface area contributed by atoms with E-state index in [4.69, 9.17) is 10.5 Å². The summed E-state index contributed by atoms with van der Waals surface area (Å²) in [6, 6.07) is 9.45. The molecule has 0 saturated carbocycles. The Hall–Kier alpha value is -3.63. The van der Waals surface area contributed by atoms with Gasteiger partial charge in [0.1, 0.15) is 28.2 Å². The number of nitrogens with zero attached hydrogens (tertiary/aromatic N) is 6. The number of nitrogens with two attached hydrogens (primary N) is 1. The first-order chi connectivity index (χ1) is 19.6. The number of morpholine rings is 1. The Kier molecular flexibility index (Phi) is 9.51. The van der Waals surface area contributed by atoms with E-state index in [-0.39, 0.29) is 22.9 Å². The molecule has 0 bridgehead atoms. The van der Waals surface area contributed by atoms with Crippen molar-refractivity contribution in [2.75, 3.05) is 70.1 Å². The number of nitrogen functional groups attached to an aromatic ring is 1. The van der Waals surface area contributed by atoms with E-state index in [2.05, 4.69) is 41.5 Å². The number of piperidine rings is 1. The molecule has 0 spiro atoms. The van der Waals surface area contributed by atoms with Crippen LogP contribution in [-0.2, 0) is 11.3 Å². The van der Waals surface area contributed by atoms with Crippen molar-refractivity contribution in [3.8, 4) is 16.8 Å². The largest absolute Gasteiger partial charge is 0.397 e. The van der Waals surface area contributed by atoms with Crippen molar-refractivity contribution in [1.29, 1.82) is 5.26 Å². The van der Waals surface area contributed by atoms with E-state index in [1.807, 2.05) is 24.4 Å². The number of carbonyl (C=O) groups is 1. The van der Waals surface area contributed by atoms with E-state index in [0.717, 1.165) is 76.0 Å². The fraction of sp³-hybridized carbons (Fsp3) is 0.464. The molecule has 5 rings (SSSR count). The molecular formula is C28H35N9O2S. The van der Waals surface area contributed by atoms with Crippen molar-refractivity contribution in [2.24, 2.45) is 5.92 Å². The smallest absolute Gasteiger partial charge is 0.270 e. The number of hydrogen-bond donors (Lipinski definition) is 3. The Labute approximate surface area is 238 Å². The molecule has 0 aliphatic carbocycles. The summed E-state index contributed by atoms with van der Waals surface area (Å²) < 4.78 is 5.38. The molecule has 4 N–H and O–H groups in total. The van der Waals surface area contributed by atoms with Crippen LogP contribution in [0.4, 0.5) is 11.5 Å². The molecule has 2 aliphatic heterocycles. The van der Waals surface area contributed by atoms with Crippen LogP contribution in [0.25, 0.3) is 10.7 Å². The molecule has 3 aromatic rings. The minimum absolute atomic E-state index is 0.219. The second kappa shape index (κ2) is 13.6. The summed E-state index contributed by atoms with van der Waals surface area (Å²) in [5.74, 6) is 0.470. The van der Waals surface area contributed by atoms with Gasteiger partial charge in [-0.05, 0) is 50.0 Å². The number of nitrogens with one attached hydrogen (secondary N) is 2.